The van der Waals surface area contributed by atoms with E-state index in [1.54, 1.807) is 12.1 Å². The number of sulfonamides is 1. The van der Waals surface area contributed by atoms with E-state index in [2.05, 4.69) is 15.7 Å². The number of carbonyl (C=O) groups is 2. The molecule has 3 N–H and O–H groups in total. The highest BCUT2D eigenvalue weighted by Gasteiger charge is 2.38. The van der Waals surface area contributed by atoms with E-state index in [0.29, 0.717) is 37.5 Å². The number of halogens is 3. The first-order chi connectivity index (χ1) is 18.7. The maximum Gasteiger partial charge on any atom is 0.490 e. The van der Waals surface area contributed by atoms with Crippen LogP contribution in [0.5, 0.6) is 11.5 Å². The Morgan fingerprint density at radius 3 is 2.17 bits per heavy atom. The molecule has 0 atom stereocenters. The first-order valence-corrected chi connectivity index (χ1v) is 13.0. The summed E-state index contributed by atoms with van der Waals surface area (Å²) in [5.74, 6) is -3.59. The normalized spacial score (nSPS) is 13.8. The summed E-state index contributed by atoms with van der Waals surface area (Å²) in [5, 5.41) is 25.6. The van der Waals surface area contributed by atoms with Gasteiger partial charge in [-0.2, -0.15) is 18.4 Å². The topological polar surface area (TPSA) is 169 Å². The Morgan fingerprint density at radius 2 is 1.68 bits per heavy atom. The smallest absolute Gasteiger partial charge is 0.490 e. The van der Waals surface area contributed by atoms with Crippen molar-refractivity contribution in [2.45, 2.75) is 17.5 Å². The van der Waals surface area contributed by atoms with Crippen LogP contribution in [0.3, 0.4) is 0 Å². The number of methoxy groups -OCH3 is 2. The predicted octanol–water partition coefficient (Wildman–Crippen LogP) is 2.87. The third-order valence-corrected chi connectivity index (χ3v) is 7.04. The minimum absolute atomic E-state index is 0.0521. The molecule has 0 aromatic heterocycles. The van der Waals surface area contributed by atoms with Gasteiger partial charge in [0.05, 0.1) is 31.5 Å². The van der Waals surface area contributed by atoms with E-state index in [9.17, 15) is 31.5 Å². The van der Waals surface area contributed by atoms with Gasteiger partial charge in [0.25, 0.3) is 10.0 Å². The maximum absolute atomic E-state index is 13.1. The molecule has 16 heteroatoms. The number of benzene rings is 2. The van der Waals surface area contributed by atoms with Crippen molar-refractivity contribution in [3.63, 3.8) is 0 Å². The zero-order valence-corrected chi connectivity index (χ0v) is 22.3. The average Bonchev–Trinajstić information content (AvgIpc) is 2.91. The van der Waals surface area contributed by atoms with Crippen LogP contribution in [0, 0.1) is 11.3 Å². The van der Waals surface area contributed by atoms with Gasteiger partial charge < -0.3 is 24.6 Å². The van der Waals surface area contributed by atoms with Crippen LogP contribution in [0.1, 0.15) is 16.8 Å². The largest absolute Gasteiger partial charge is 0.497 e. The van der Waals surface area contributed by atoms with Gasteiger partial charge in [-0.1, -0.05) is 0 Å². The van der Waals surface area contributed by atoms with Crippen molar-refractivity contribution >= 4 is 33.3 Å². The van der Waals surface area contributed by atoms with Crippen LogP contribution in [0.15, 0.2) is 41.3 Å². The zero-order chi connectivity index (χ0) is 30.1. The standard InChI is InChI=1S/C22H26N4O6S.C2HF3O2/c1-31-17-5-7-20(32-2)21(15-17)33(29,30)24-19-6-4-16(14-18(19)22(27)28)26-12-10-25(11-13-26)9-3-8-23;3-2(4,5)1(6)7/h4-7,14-15,24H,3,9-13H2,1-2H3,(H,27,28);(H,6,7). The van der Waals surface area contributed by atoms with Crippen molar-refractivity contribution in [2.24, 2.45) is 0 Å². The Labute approximate surface area is 228 Å². The van der Waals surface area contributed by atoms with Gasteiger partial charge in [-0.05, 0) is 30.3 Å². The second-order valence-electron chi connectivity index (χ2n) is 8.20. The van der Waals surface area contributed by atoms with Crippen LogP contribution in [0.25, 0.3) is 0 Å². The molecule has 0 bridgehead atoms. The van der Waals surface area contributed by atoms with E-state index in [1.165, 1.54) is 38.5 Å². The molecular formula is C24H27F3N4O8S. The number of nitriles is 1. The Balaban J connectivity index is 0.000000708. The Bertz CT molecular complexity index is 1350. The number of rotatable bonds is 9. The van der Waals surface area contributed by atoms with E-state index in [0.717, 1.165) is 13.1 Å². The molecule has 0 radical (unpaired) electrons. The molecule has 0 aliphatic carbocycles. The lowest BCUT2D eigenvalue weighted by Crippen LogP contribution is -2.46. The van der Waals surface area contributed by atoms with E-state index in [-0.39, 0.29) is 21.9 Å². The number of anilines is 2. The van der Waals surface area contributed by atoms with E-state index >= 15 is 0 Å². The van der Waals surface area contributed by atoms with Crippen molar-refractivity contribution in [2.75, 3.05) is 56.6 Å². The van der Waals surface area contributed by atoms with Crippen LogP contribution in [-0.4, -0.2) is 88.6 Å². The second kappa shape index (κ2) is 13.7. The number of carboxylic acid groups (broad SMARTS) is 2. The summed E-state index contributed by atoms with van der Waals surface area (Å²) in [4.78, 5) is 24.9. The minimum atomic E-state index is -5.08. The number of ether oxygens (including phenoxy) is 2. The van der Waals surface area contributed by atoms with Gasteiger partial charge in [-0.3, -0.25) is 9.62 Å². The SMILES string of the molecule is COc1ccc(OC)c(S(=O)(=O)Nc2ccc(N3CCN(CCC#N)CC3)cc2C(=O)O)c1.O=C(O)C(F)(F)F. The highest BCUT2D eigenvalue weighted by Crippen LogP contribution is 2.32. The lowest BCUT2D eigenvalue weighted by molar-refractivity contribution is -0.192. The number of alkyl halides is 3. The Kier molecular flexibility index (Phi) is 11.0. The summed E-state index contributed by atoms with van der Waals surface area (Å²) >= 11 is 0. The molecule has 0 amide bonds. The van der Waals surface area contributed by atoms with Crippen LogP contribution < -0.4 is 19.1 Å². The maximum atomic E-state index is 13.1. The summed E-state index contributed by atoms with van der Waals surface area (Å²) in [6.45, 7) is 3.58. The molecule has 0 unspecified atom stereocenters. The molecule has 1 aliphatic heterocycles. The monoisotopic (exact) mass is 588 g/mol. The number of aromatic carboxylic acids is 1. The van der Waals surface area contributed by atoms with E-state index in [1.807, 2.05) is 4.90 Å². The fourth-order valence-electron chi connectivity index (χ4n) is 3.63. The van der Waals surface area contributed by atoms with Crippen LogP contribution in [-0.2, 0) is 14.8 Å². The first kappa shape index (κ1) is 32.0. The Morgan fingerprint density at radius 1 is 1.05 bits per heavy atom. The average molecular weight is 589 g/mol. The van der Waals surface area contributed by atoms with Crippen LogP contribution in [0.2, 0.25) is 0 Å². The van der Waals surface area contributed by atoms with Crippen LogP contribution >= 0.6 is 0 Å². The number of aliphatic carboxylic acids is 1. The van der Waals surface area contributed by atoms with Crippen LogP contribution in [0.4, 0.5) is 24.5 Å². The lowest BCUT2D eigenvalue weighted by atomic mass is 10.1. The molecule has 3 rings (SSSR count). The summed E-state index contributed by atoms with van der Waals surface area (Å²) < 4.78 is 70.5. The van der Waals surface area contributed by atoms with Crippen molar-refractivity contribution in [1.82, 2.24) is 4.90 Å². The molecule has 1 aliphatic rings. The van der Waals surface area contributed by atoms with Crippen molar-refractivity contribution in [1.29, 1.82) is 5.26 Å². The molecule has 2 aromatic rings. The number of nitrogens with one attached hydrogen (secondary N) is 1. The first-order valence-electron chi connectivity index (χ1n) is 11.5. The number of hydrogen-bond acceptors (Lipinski definition) is 9. The highest BCUT2D eigenvalue weighted by atomic mass is 32.2. The van der Waals surface area contributed by atoms with Gasteiger partial charge >= 0.3 is 18.1 Å². The predicted molar refractivity (Wildman–Crippen MR) is 136 cm³/mol. The van der Waals surface area contributed by atoms with Crippen molar-refractivity contribution < 1.29 is 50.9 Å². The van der Waals surface area contributed by atoms with Gasteiger partial charge in [-0.15, -0.1) is 0 Å². The summed E-state index contributed by atoms with van der Waals surface area (Å²) in [6, 6.07) is 11.1. The lowest BCUT2D eigenvalue weighted by Gasteiger charge is -2.36. The van der Waals surface area contributed by atoms with Gasteiger partial charge in [0.1, 0.15) is 16.4 Å². The molecule has 0 spiro atoms. The number of hydrogen-bond donors (Lipinski definition) is 3. The number of carboxylic acids is 2. The van der Waals surface area contributed by atoms with E-state index < -0.39 is 28.1 Å². The molecule has 218 valence electrons. The molecular weight excluding hydrogens is 561 g/mol. The highest BCUT2D eigenvalue weighted by molar-refractivity contribution is 7.92. The molecule has 1 saturated heterocycles. The molecule has 0 saturated carbocycles. The minimum Gasteiger partial charge on any atom is -0.497 e. The third-order valence-electron chi connectivity index (χ3n) is 5.66. The van der Waals surface area contributed by atoms with Crippen molar-refractivity contribution in [3.05, 3.63) is 42.0 Å². The van der Waals surface area contributed by atoms with Gasteiger partial charge in [0.15, 0.2) is 0 Å². The summed E-state index contributed by atoms with van der Waals surface area (Å²) in [6.07, 6.45) is -4.62. The van der Waals surface area contributed by atoms with Gasteiger partial charge in [0.2, 0.25) is 0 Å². The number of piperazine rings is 1. The zero-order valence-electron chi connectivity index (χ0n) is 21.4. The Hall–Kier alpha value is -4.23. The molecule has 40 heavy (non-hydrogen) atoms. The molecule has 1 fully saturated rings. The quantitative estimate of drug-likeness (QED) is 0.394. The third kappa shape index (κ3) is 8.64. The fraction of sp³-hybridized carbons (Fsp3) is 0.375. The molecule has 1 heterocycles. The number of nitrogens with zero attached hydrogens (tertiary/aromatic N) is 3. The van der Waals surface area contributed by atoms with Crippen molar-refractivity contribution in [3.8, 4) is 17.6 Å². The van der Waals surface area contributed by atoms with Gasteiger partial charge in [-0.25, -0.2) is 18.0 Å². The summed E-state index contributed by atoms with van der Waals surface area (Å²) in [7, 11) is -1.40. The second-order valence-corrected chi connectivity index (χ2v) is 9.85. The van der Waals surface area contributed by atoms with Gasteiger partial charge in [0, 0.05) is 50.9 Å². The summed E-state index contributed by atoms with van der Waals surface area (Å²) in [5.41, 5.74) is 0.475. The van der Waals surface area contributed by atoms with E-state index in [4.69, 9.17) is 24.6 Å². The molecule has 12 nitrogen and oxygen atoms in total. The molecule has 2 aromatic carbocycles. The fourth-order valence-corrected chi connectivity index (χ4v) is 4.89.